The van der Waals surface area contributed by atoms with Crippen molar-refractivity contribution >= 4 is 17.6 Å². The van der Waals surface area contributed by atoms with Crippen molar-refractivity contribution in [2.75, 3.05) is 0 Å². The number of carboxylic acids is 1. The molecule has 0 atom stereocenters. The van der Waals surface area contributed by atoms with Gasteiger partial charge in [0.2, 0.25) is 5.82 Å². The molecule has 0 aliphatic heterocycles. The van der Waals surface area contributed by atoms with Gasteiger partial charge in [-0.25, -0.2) is 0 Å². The molecule has 0 saturated carbocycles. The topological polar surface area (TPSA) is 106 Å². The van der Waals surface area contributed by atoms with E-state index in [1.165, 1.54) is 29.1 Å². The molecule has 2 heterocycles. The summed E-state index contributed by atoms with van der Waals surface area (Å²) in [5, 5.41) is 18.3. The van der Waals surface area contributed by atoms with E-state index >= 15 is 0 Å². The quantitative estimate of drug-likeness (QED) is 0.367. The van der Waals surface area contributed by atoms with Gasteiger partial charge in [-0.05, 0) is 29.8 Å². The molecule has 2 aromatic carbocycles. The first-order valence-electron chi connectivity index (χ1n) is 8.91. The number of aromatic carboxylic acids is 1. The largest absolute Gasteiger partial charge is 1.00 e. The summed E-state index contributed by atoms with van der Waals surface area (Å²) in [5.41, 5.74) is 1.64. The molecule has 0 fully saturated rings. The van der Waals surface area contributed by atoms with Gasteiger partial charge in [-0.15, -0.1) is 13.2 Å². The van der Waals surface area contributed by atoms with Crippen LogP contribution in [0.15, 0.2) is 59.3 Å². The molecule has 4 aromatic rings. The zero-order chi connectivity index (χ0) is 22.9. The van der Waals surface area contributed by atoms with Crippen molar-refractivity contribution in [2.24, 2.45) is 0 Å². The molecular formula is C20H11ClF3N4NaO4. The minimum absolute atomic E-state index is 0. The summed E-state index contributed by atoms with van der Waals surface area (Å²) in [6.45, 7) is 0.343. The summed E-state index contributed by atoms with van der Waals surface area (Å²) in [7, 11) is 0. The van der Waals surface area contributed by atoms with Crippen molar-refractivity contribution in [2.45, 2.75) is 12.9 Å². The number of carbonyl (C=O) groups is 1. The Balaban J connectivity index is 0.00000306. The monoisotopic (exact) mass is 486 g/mol. The summed E-state index contributed by atoms with van der Waals surface area (Å²) in [5.74, 6) is -1.56. The summed E-state index contributed by atoms with van der Waals surface area (Å²) in [4.78, 5) is 15.0. The van der Waals surface area contributed by atoms with Crippen LogP contribution < -0.4 is 39.4 Å². The number of alkyl halides is 3. The Morgan fingerprint density at radius 1 is 1.12 bits per heavy atom. The zero-order valence-electron chi connectivity index (χ0n) is 16.8. The Labute approximate surface area is 211 Å². The van der Waals surface area contributed by atoms with Crippen molar-refractivity contribution in [3.05, 3.63) is 71.0 Å². The second kappa shape index (κ2) is 9.96. The molecule has 0 N–H and O–H groups in total. The molecule has 2 aromatic heterocycles. The molecule has 0 amide bonds. The van der Waals surface area contributed by atoms with Crippen LogP contribution in [0.5, 0.6) is 5.75 Å². The number of carbonyl (C=O) groups excluding carboxylic acids is 1. The Morgan fingerprint density at radius 3 is 2.42 bits per heavy atom. The van der Waals surface area contributed by atoms with Crippen LogP contribution in [0.4, 0.5) is 13.2 Å². The van der Waals surface area contributed by atoms with Crippen LogP contribution in [0.2, 0.25) is 5.02 Å². The van der Waals surface area contributed by atoms with Crippen molar-refractivity contribution in [1.82, 2.24) is 19.9 Å². The number of nitrogens with zero attached hydrogens (tertiary/aromatic N) is 4. The van der Waals surface area contributed by atoms with E-state index in [0.717, 1.165) is 11.6 Å². The standard InChI is InChI=1S/C20H12ClF3N4O4.Na/c21-14-9-13(5-6-16(14)31-20(22,23)24)18-25-17(27-32-18)12-3-1-11(2-4-12)10-28-8-7-15(26-28)19(29)30;/h1-9H,10H2,(H,29,30);/q;+1/p-1. The van der Waals surface area contributed by atoms with E-state index in [9.17, 15) is 23.1 Å². The molecule has 0 radical (unpaired) electrons. The number of carboxylic acid groups (broad SMARTS) is 1. The second-order valence-electron chi connectivity index (χ2n) is 6.50. The Morgan fingerprint density at radius 2 is 1.82 bits per heavy atom. The minimum Gasteiger partial charge on any atom is -0.543 e. The molecule has 13 heteroatoms. The maximum Gasteiger partial charge on any atom is 1.00 e. The third kappa shape index (κ3) is 6.14. The first-order valence-corrected chi connectivity index (χ1v) is 9.29. The van der Waals surface area contributed by atoms with Crippen molar-refractivity contribution in [1.29, 1.82) is 0 Å². The smallest absolute Gasteiger partial charge is 0.543 e. The molecule has 0 bridgehead atoms. The van der Waals surface area contributed by atoms with Crippen LogP contribution in [0.3, 0.4) is 0 Å². The number of benzene rings is 2. The number of halogens is 4. The SMILES string of the molecule is O=C([O-])c1ccn(Cc2ccc(-c3noc(-c4ccc(OC(F)(F)F)c(Cl)c4)n3)cc2)n1.[Na+]. The molecule has 0 aliphatic carbocycles. The number of ether oxygens (including phenoxy) is 1. The zero-order valence-corrected chi connectivity index (χ0v) is 19.6. The number of hydrogen-bond donors (Lipinski definition) is 0. The first-order chi connectivity index (χ1) is 15.2. The van der Waals surface area contributed by atoms with Crippen LogP contribution in [0.1, 0.15) is 16.1 Å². The van der Waals surface area contributed by atoms with E-state index in [4.69, 9.17) is 16.1 Å². The van der Waals surface area contributed by atoms with E-state index in [0.29, 0.717) is 17.7 Å². The molecule has 33 heavy (non-hydrogen) atoms. The van der Waals surface area contributed by atoms with Crippen molar-refractivity contribution < 1.29 is 61.9 Å². The van der Waals surface area contributed by atoms with Crippen molar-refractivity contribution in [3.8, 4) is 28.6 Å². The van der Waals surface area contributed by atoms with Crippen molar-refractivity contribution in [3.63, 3.8) is 0 Å². The normalized spacial score (nSPS) is 11.2. The minimum atomic E-state index is -4.86. The molecular weight excluding hydrogens is 476 g/mol. The van der Waals surface area contributed by atoms with Crippen LogP contribution in [-0.2, 0) is 6.54 Å². The molecule has 8 nitrogen and oxygen atoms in total. The number of aromatic nitrogens is 4. The third-order valence-corrected chi connectivity index (χ3v) is 4.53. The summed E-state index contributed by atoms with van der Waals surface area (Å²) < 4.78 is 47.6. The average molecular weight is 487 g/mol. The Hall–Kier alpha value is -2.86. The van der Waals surface area contributed by atoms with Gasteiger partial charge in [-0.2, -0.15) is 10.1 Å². The Bertz CT molecular complexity index is 1280. The van der Waals surface area contributed by atoms with E-state index < -0.39 is 18.1 Å². The summed E-state index contributed by atoms with van der Waals surface area (Å²) in [6, 6.07) is 12.0. The molecule has 164 valence electrons. The third-order valence-electron chi connectivity index (χ3n) is 4.24. The van der Waals surface area contributed by atoms with Gasteiger partial charge < -0.3 is 19.2 Å². The second-order valence-corrected chi connectivity index (χ2v) is 6.91. The predicted molar refractivity (Wildman–Crippen MR) is 103 cm³/mol. The van der Waals surface area contributed by atoms with Gasteiger partial charge in [-0.1, -0.05) is 41.0 Å². The van der Waals surface area contributed by atoms with Crippen LogP contribution in [-0.4, -0.2) is 32.3 Å². The van der Waals surface area contributed by atoms with E-state index in [2.05, 4.69) is 20.0 Å². The van der Waals surface area contributed by atoms with E-state index in [-0.39, 0.29) is 52.0 Å². The number of rotatable bonds is 6. The van der Waals surface area contributed by atoms with Gasteiger partial charge in [0.05, 0.1) is 17.5 Å². The summed E-state index contributed by atoms with van der Waals surface area (Å²) in [6.07, 6.45) is -3.33. The fourth-order valence-electron chi connectivity index (χ4n) is 2.80. The maximum absolute atomic E-state index is 12.4. The van der Waals surface area contributed by atoms with E-state index in [1.54, 1.807) is 24.3 Å². The molecule has 0 unspecified atom stereocenters. The molecule has 0 spiro atoms. The average Bonchev–Trinajstić information content (AvgIpc) is 3.39. The molecule has 4 rings (SSSR count). The van der Waals surface area contributed by atoms with Crippen LogP contribution >= 0.6 is 11.6 Å². The van der Waals surface area contributed by atoms with Gasteiger partial charge in [0, 0.05) is 17.3 Å². The van der Waals surface area contributed by atoms with Crippen LogP contribution in [0.25, 0.3) is 22.8 Å². The fourth-order valence-corrected chi connectivity index (χ4v) is 3.02. The maximum atomic E-state index is 12.4. The number of hydrogen-bond acceptors (Lipinski definition) is 7. The predicted octanol–water partition coefficient (Wildman–Crippen LogP) is 0.568. The molecule has 0 saturated heterocycles. The van der Waals surface area contributed by atoms with Gasteiger partial charge in [0.25, 0.3) is 5.89 Å². The van der Waals surface area contributed by atoms with E-state index in [1.807, 2.05) is 0 Å². The van der Waals surface area contributed by atoms with Gasteiger partial charge in [0.1, 0.15) is 11.4 Å². The fraction of sp³-hybridized carbons (Fsp3) is 0.100. The van der Waals surface area contributed by atoms with Gasteiger partial charge >= 0.3 is 35.9 Å². The summed E-state index contributed by atoms with van der Waals surface area (Å²) >= 11 is 5.85. The van der Waals surface area contributed by atoms with Crippen LogP contribution in [0, 0.1) is 0 Å². The van der Waals surface area contributed by atoms with Gasteiger partial charge in [-0.3, -0.25) is 4.68 Å². The Kier molecular flexibility index (Phi) is 7.48. The molecule has 0 aliphatic rings. The van der Waals surface area contributed by atoms with Gasteiger partial charge in [0.15, 0.2) is 0 Å². The first kappa shape index (κ1) is 24.8.